The van der Waals surface area contributed by atoms with E-state index in [1.807, 2.05) is 32.0 Å². The Hall–Kier alpha value is -1.65. The van der Waals surface area contributed by atoms with Gasteiger partial charge in [-0.25, -0.2) is 4.79 Å². The zero-order valence-corrected chi connectivity index (χ0v) is 11.0. The number of hydrogen-bond acceptors (Lipinski definition) is 3. The summed E-state index contributed by atoms with van der Waals surface area (Å²) in [6.07, 6.45) is -0.879. The highest BCUT2D eigenvalue weighted by Gasteiger charge is 2.21. The van der Waals surface area contributed by atoms with Crippen molar-refractivity contribution in [3.63, 3.8) is 0 Å². The summed E-state index contributed by atoms with van der Waals surface area (Å²) in [5.41, 5.74) is 3.02. The first-order valence-corrected chi connectivity index (χ1v) is 6.45. The van der Waals surface area contributed by atoms with Crippen LogP contribution in [0.15, 0.2) is 29.6 Å². The molecular formula is C14H14O3S. The highest BCUT2D eigenvalue weighted by atomic mass is 32.1. The maximum absolute atomic E-state index is 11.1. The molecular weight excluding hydrogens is 248 g/mol. The third kappa shape index (κ3) is 2.17. The van der Waals surface area contributed by atoms with Gasteiger partial charge in [0.15, 0.2) is 0 Å². The van der Waals surface area contributed by atoms with Gasteiger partial charge >= 0.3 is 5.97 Å². The lowest BCUT2D eigenvalue weighted by molar-refractivity contribution is 0.0692. The number of carboxylic acid groups (broad SMARTS) is 1. The topological polar surface area (TPSA) is 57.5 Å². The van der Waals surface area contributed by atoms with Crippen molar-refractivity contribution in [1.82, 2.24) is 0 Å². The Morgan fingerprint density at radius 2 is 2.00 bits per heavy atom. The molecule has 1 heterocycles. The van der Waals surface area contributed by atoms with Gasteiger partial charge in [-0.2, -0.15) is 0 Å². The van der Waals surface area contributed by atoms with Gasteiger partial charge in [0.05, 0.1) is 10.4 Å². The fourth-order valence-corrected chi connectivity index (χ4v) is 2.81. The molecule has 0 aliphatic rings. The molecule has 0 radical (unpaired) electrons. The number of aliphatic hydroxyl groups is 1. The molecule has 1 aromatic heterocycles. The quantitative estimate of drug-likeness (QED) is 0.893. The first kappa shape index (κ1) is 12.8. The molecule has 3 nitrogen and oxygen atoms in total. The summed E-state index contributed by atoms with van der Waals surface area (Å²) in [4.78, 5) is 11.5. The van der Waals surface area contributed by atoms with Crippen LogP contribution in [0.1, 0.15) is 38.0 Å². The van der Waals surface area contributed by atoms with Crippen molar-refractivity contribution < 1.29 is 15.0 Å². The van der Waals surface area contributed by atoms with Crippen molar-refractivity contribution in [2.45, 2.75) is 20.0 Å². The second-order valence-electron chi connectivity index (χ2n) is 4.20. The Morgan fingerprint density at radius 1 is 1.28 bits per heavy atom. The third-order valence-electron chi connectivity index (χ3n) is 3.12. The predicted molar refractivity (Wildman–Crippen MR) is 71.3 cm³/mol. The fourth-order valence-electron chi connectivity index (χ4n) is 1.92. The average molecular weight is 262 g/mol. The molecule has 0 bridgehead atoms. The largest absolute Gasteiger partial charge is 0.478 e. The monoisotopic (exact) mass is 262 g/mol. The molecule has 2 rings (SSSR count). The summed E-state index contributed by atoms with van der Waals surface area (Å²) < 4.78 is 0. The first-order chi connectivity index (χ1) is 8.52. The molecule has 1 atom stereocenters. The van der Waals surface area contributed by atoms with Gasteiger partial charge in [0.1, 0.15) is 6.10 Å². The van der Waals surface area contributed by atoms with E-state index < -0.39 is 12.1 Å². The minimum Gasteiger partial charge on any atom is -0.478 e. The van der Waals surface area contributed by atoms with Crippen LogP contribution in [0, 0.1) is 13.8 Å². The Morgan fingerprint density at radius 3 is 2.67 bits per heavy atom. The second kappa shape index (κ2) is 4.92. The van der Waals surface area contributed by atoms with Crippen molar-refractivity contribution in [3.05, 3.63) is 56.8 Å². The Labute approximate surface area is 109 Å². The van der Waals surface area contributed by atoms with Gasteiger partial charge < -0.3 is 10.2 Å². The summed E-state index contributed by atoms with van der Waals surface area (Å²) in [7, 11) is 0. The molecule has 0 fully saturated rings. The number of carbonyl (C=O) groups is 1. The summed E-state index contributed by atoms with van der Waals surface area (Å²) in [5, 5.41) is 21.1. The van der Waals surface area contributed by atoms with Crippen LogP contribution in [0.3, 0.4) is 0 Å². The van der Waals surface area contributed by atoms with Crippen molar-refractivity contribution >= 4 is 17.3 Å². The molecule has 1 aromatic carbocycles. The van der Waals surface area contributed by atoms with E-state index in [0.717, 1.165) is 16.7 Å². The highest BCUT2D eigenvalue weighted by molar-refractivity contribution is 7.10. The number of carboxylic acids is 1. The Balaban J connectivity index is 2.48. The number of aliphatic hydroxyl groups excluding tert-OH is 1. The molecule has 2 N–H and O–H groups in total. The summed E-state index contributed by atoms with van der Waals surface area (Å²) in [6.45, 7) is 3.90. The van der Waals surface area contributed by atoms with Gasteiger partial charge in [0.25, 0.3) is 0 Å². The van der Waals surface area contributed by atoms with E-state index >= 15 is 0 Å². The molecule has 0 amide bonds. The molecule has 0 aliphatic heterocycles. The van der Waals surface area contributed by atoms with E-state index in [1.54, 1.807) is 5.38 Å². The number of hydrogen-bond donors (Lipinski definition) is 2. The van der Waals surface area contributed by atoms with Crippen LogP contribution in [0.2, 0.25) is 0 Å². The number of benzene rings is 1. The number of aromatic carboxylic acids is 1. The average Bonchev–Trinajstić information content (AvgIpc) is 2.81. The molecule has 0 saturated heterocycles. The smallest absolute Gasteiger partial charge is 0.336 e. The lowest BCUT2D eigenvalue weighted by Crippen LogP contribution is -2.06. The standard InChI is InChI=1S/C14H14O3S/c1-8-4-3-5-10(9(8)2)12(15)13-11(14(16)17)6-7-18-13/h3-7,12,15H,1-2H3,(H,16,17). The minimum atomic E-state index is -1.00. The van der Waals surface area contributed by atoms with Crippen LogP contribution >= 0.6 is 11.3 Å². The molecule has 0 aliphatic carbocycles. The zero-order chi connectivity index (χ0) is 13.3. The molecule has 1 unspecified atom stereocenters. The summed E-state index contributed by atoms with van der Waals surface area (Å²) in [5.74, 6) is -1.00. The SMILES string of the molecule is Cc1cccc(C(O)c2sccc2C(=O)O)c1C. The molecule has 4 heteroatoms. The van der Waals surface area contributed by atoms with E-state index in [2.05, 4.69) is 0 Å². The van der Waals surface area contributed by atoms with Gasteiger partial charge in [-0.3, -0.25) is 0 Å². The molecule has 18 heavy (non-hydrogen) atoms. The lowest BCUT2D eigenvalue weighted by atomic mass is 9.97. The van der Waals surface area contributed by atoms with Crippen molar-refractivity contribution in [2.24, 2.45) is 0 Å². The van der Waals surface area contributed by atoms with E-state index in [9.17, 15) is 9.90 Å². The zero-order valence-electron chi connectivity index (χ0n) is 10.2. The van der Waals surface area contributed by atoms with Crippen LogP contribution in [-0.2, 0) is 0 Å². The lowest BCUT2D eigenvalue weighted by Gasteiger charge is -2.14. The Bertz CT molecular complexity index is 586. The maximum atomic E-state index is 11.1. The van der Waals surface area contributed by atoms with Gasteiger partial charge in [-0.05, 0) is 42.0 Å². The number of thiophene rings is 1. The van der Waals surface area contributed by atoms with Crippen LogP contribution in [0.4, 0.5) is 0 Å². The molecule has 2 aromatic rings. The van der Waals surface area contributed by atoms with Gasteiger partial charge in [0.2, 0.25) is 0 Å². The summed E-state index contributed by atoms with van der Waals surface area (Å²) in [6, 6.07) is 7.20. The van der Waals surface area contributed by atoms with Gasteiger partial charge in [0, 0.05) is 0 Å². The van der Waals surface area contributed by atoms with E-state index in [-0.39, 0.29) is 5.56 Å². The van der Waals surface area contributed by atoms with E-state index in [4.69, 9.17) is 5.11 Å². The van der Waals surface area contributed by atoms with Crippen LogP contribution in [-0.4, -0.2) is 16.2 Å². The third-order valence-corrected chi connectivity index (χ3v) is 4.08. The van der Waals surface area contributed by atoms with Gasteiger partial charge in [-0.15, -0.1) is 11.3 Å². The van der Waals surface area contributed by atoms with Crippen LogP contribution < -0.4 is 0 Å². The van der Waals surface area contributed by atoms with Crippen molar-refractivity contribution in [2.75, 3.05) is 0 Å². The van der Waals surface area contributed by atoms with Gasteiger partial charge in [-0.1, -0.05) is 18.2 Å². The van der Waals surface area contributed by atoms with Crippen molar-refractivity contribution in [3.8, 4) is 0 Å². The predicted octanol–water partition coefficient (Wildman–Crippen LogP) is 3.14. The molecule has 0 saturated carbocycles. The second-order valence-corrected chi connectivity index (χ2v) is 5.14. The highest BCUT2D eigenvalue weighted by Crippen LogP contribution is 2.32. The van der Waals surface area contributed by atoms with Crippen LogP contribution in [0.25, 0.3) is 0 Å². The van der Waals surface area contributed by atoms with E-state index in [0.29, 0.717) is 4.88 Å². The van der Waals surface area contributed by atoms with Crippen LogP contribution in [0.5, 0.6) is 0 Å². The first-order valence-electron chi connectivity index (χ1n) is 5.57. The fraction of sp³-hybridized carbons (Fsp3) is 0.214. The summed E-state index contributed by atoms with van der Waals surface area (Å²) >= 11 is 1.26. The number of rotatable bonds is 3. The van der Waals surface area contributed by atoms with E-state index in [1.165, 1.54) is 17.4 Å². The maximum Gasteiger partial charge on any atom is 0.336 e. The minimum absolute atomic E-state index is 0.174. The number of aryl methyl sites for hydroxylation is 1. The molecule has 94 valence electrons. The molecule has 0 spiro atoms. The Kier molecular flexibility index (Phi) is 3.50. The van der Waals surface area contributed by atoms with Crippen molar-refractivity contribution in [1.29, 1.82) is 0 Å². The normalized spacial score (nSPS) is 12.4.